The molecule has 0 aliphatic carbocycles. The molecule has 0 bridgehead atoms. The minimum absolute atomic E-state index is 0.142. The highest BCUT2D eigenvalue weighted by atomic mass is 127. The van der Waals surface area contributed by atoms with E-state index in [1.54, 1.807) is 0 Å². The summed E-state index contributed by atoms with van der Waals surface area (Å²) >= 11 is 2.24. The fraction of sp³-hybridized carbons (Fsp3) is 0.462. The van der Waals surface area contributed by atoms with Gasteiger partial charge in [-0.1, -0.05) is 19.1 Å². The van der Waals surface area contributed by atoms with Crippen molar-refractivity contribution < 1.29 is 4.79 Å². The van der Waals surface area contributed by atoms with Crippen LogP contribution in [0.4, 0.5) is 5.69 Å². The topological polar surface area (TPSA) is 41.1 Å². The molecular formula is C13H17IN2O. The number of anilines is 1. The number of nitrogens with one attached hydrogen (secondary N) is 2. The molecule has 1 heterocycles. The lowest BCUT2D eigenvalue weighted by atomic mass is 9.80. The van der Waals surface area contributed by atoms with Crippen LogP contribution in [0, 0.1) is 8.99 Å². The number of para-hydroxylation sites is 1. The molecule has 0 saturated carbocycles. The van der Waals surface area contributed by atoms with Gasteiger partial charge in [0.25, 0.3) is 0 Å². The maximum atomic E-state index is 12.3. The Bertz CT molecular complexity index is 414. The number of rotatable bonds is 2. The summed E-state index contributed by atoms with van der Waals surface area (Å²) in [7, 11) is 0. The Morgan fingerprint density at radius 2 is 2.00 bits per heavy atom. The summed E-state index contributed by atoms with van der Waals surface area (Å²) in [4.78, 5) is 12.3. The maximum absolute atomic E-state index is 12.3. The molecule has 1 aromatic rings. The predicted octanol–water partition coefficient (Wildman–Crippen LogP) is 2.62. The Kier molecular flexibility index (Phi) is 4.04. The Morgan fingerprint density at radius 1 is 1.35 bits per heavy atom. The normalized spacial score (nSPS) is 18.7. The Hall–Kier alpha value is -0.620. The SMILES string of the molecule is CC1(C(=O)Nc2ccccc2I)CCNCC1. The molecule has 1 aromatic carbocycles. The number of carbonyl (C=O) groups excluding carboxylic acids is 1. The van der Waals surface area contributed by atoms with Crippen molar-refractivity contribution >= 4 is 34.2 Å². The van der Waals surface area contributed by atoms with E-state index in [2.05, 4.69) is 40.1 Å². The molecule has 0 unspecified atom stereocenters. The lowest BCUT2D eigenvalue weighted by Gasteiger charge is -2.32. The fourth-order valence-corrected chi connectivity index (χ4v) is 2.56. The quantitative estimate of drug-likeness (QED) is 0.810. The Labute approximate surface area is 116 Å². The highest BCUT2D eigenvalue weighted by Gasteiger charge is 2.34. The standard InChI is InChI=1S/C13H17IN2O/c1-13(6-8-15-9-7-13)12(17)16-11-5-3-2-4-10(11)14/h2-5,15H,6-9H2,1H3,(H,16,17). The minimum atomic E-state index is -0.232. The fourth-order valence-electron chi connectivity index (χ4n) is 2.04. The van der Waals surface area contributed by atoms with Crippen molar-refractivity contribution in [1.29, 1.82) is 0 Å². The molecular weight excluding hydrogens is 327 g/mol. The van der Waals surface area contributed by atoms with Gasteiger partial charge in [-0.15, -0.1) is 0 Å². The van der Waals surface area contributed by atoms with Crippen LogP contribution in [0.25, 0.3) is 0 Å². The average molecular weight is 344 g/mol. The van der Waals surface area contributed by atoms with Crippen molar-refractivity contribution in [2.45, 2.75) is 19.8 Å². The summed E-state index contributed by atoms with van der Waals surface area (Å²) in [6, 6.07) is 7.87. The van der Waals surface area contributed by atoms with E-state index in [1.165, 1.54) is 0 Å². The Morgan fingerprint density at radius 3 is 2.65 bits per heavy atom. The molecule has 0 atom stereocenters. The summed E-state index contributed by atoms with van der Waals surface area (Å²) in [5.41, 5.74) is 0.683. The van der Waals surface area contributed by atoms with Gasteiger partial charge in [-0.3, -0.25) is 4.79 Å². The summed E-state index contributed by atoms with van der Waals surface area (Å²) in [5.74, 6) is 0.142. The van der Waals surface area contributed by atoms with Crippen LogP contribution in [0.1, 0.15) is 19.8 Å². The van der Waals surface area contributed by atoms with Gasteiger partial charge >= 0.3 is 0 Å². The summed E-state index contributed by atoms with van der Waals surface area (Å²) in [6.07, 6.45) is 1.81. The molecule has 1 saturated heterocycles. The van der Waals surface area contributed by atoms with Crippen molar-refractivity contribution in [2.75, 3.05) is 18.4 Å². The van der Waals surface area contributed by atoms with Crippen molar-refractivity contribution in [3.8, 4) is 0 Å². The molecule has 0 spiro atoms. The van der Waals surface area contributed by atoms with Gasteiger partial charge in [-0.2, -0.15) is 0 Å². The number of hydrogen-bond acceptors (Lipinski definition) is 2. The zero-order valence-electron chi connectivity index (χ0n) is 9.92. The number of piperidine rings is 1. The summed E-state index contributed by atoms with van der Waals surface area (Å²) in [5, 5.41) is 6.33. The van der Waals surface area contributed by atoms with Crippen LogP contribution in [0.2, 0.25) is 0 Å². The van der Waals surface area contributed by atoms with Crippen LogP contribution >= 0.6 is 22.6 Å². The molecule has 0 aromatic heterocycles. The second-order valence-electron chi connectivity index (χ2n) is 4.74. The van der Waals surface area contributed by atoms with Gasteiger partial charge in [0.1, 0.15) is 0 Å². The van der Waals surface area contributed by atoms with E-state index >= 15 is 0 Å². The van der Waals surface area contributed by atoms with Crippen LogP contribution in [0.3, 0.4) is 0 Å². The van der Waals surface area contributed by atoms with Crippen LogP contribution in [-0.4, -0.2) is 19.0 Å². The minimum Gasteiger partial charge on any atom is -0.325 e. The molecule has 1 aliphatic rings. The molecule has 92 valence electrons. The molecule has 1 aliphatic heterocycles. The Balaban J connectivity index is 2.08. The third kappa shape index (κ3) is 2.98. The molecule has 2 rings (SSSR count). The predicted molar refractivity (Wildman–Crippen MR) is 78.0 cm³/mol. The largest absolute Gasteiger partial charge is 0.325 e. The van der Waals surface area contributed by atoms with Crippen molar-refractivity contribution in [3.05, 3.63) is 27.8 Å². The van der Waals surface area contributed by atoms with Gasteiger partial charge in [0.05, 0.1) is 5.69 Å². The van der Waals surface area contributed by atoms with Gasteiger partial charge in [0, 0.05) is 8.99 Å². The smallest absolute Gasteiger partial charge is 0.230 e. The van der Waals surface area contributed by atoms with Crippen molar-refractivity contribution in [3.63, 3.8) is 0 Å². The number of amides is 1. The zero-order valence-corrected chi connectivity index (χ0v) is 12.1. The zero-order chi connectivity index (χ0) is 12.3. The summed E-state index contributed by atoms with van der Waals surface area (Å²) < 4.78 is 1.08. The highest BCUT2D eigenvalue weighted by Crippen LogP contribution is 2.30. The molecule has 3 nitrogen and oxygen atoms in total. The number of benzene rings is 1. The van der Waals surface area contributed by atoms with Gasteiger partial charge in [-0.05, 0) is 60.7 Å². The number of hydrogen-bond donors (Lipinski definition) is 2. The van der Waals surface area contributed by atoms with Gasteiger partial charge in [0.2, 0.25) is 5.91 Å². The van der Waals surface area contributed by atoms with Crippen LogP contribution in [-0.2, 0) is 4.79 Å². The van der Waals surface area contributed by atoms with Crippen LogP contribution in [0.15, 0.2) is 24.3 Å². The van der Waals surface area contributed by atoms with Crippen molar-refractivity contribution in [2.24, 2.45) is 5.41 Å². The average Bonchev–Trinajstić information content (AvgIpc) is 2.33. The molecule has 1 fully saturated rings. The number of halogens is 1. The third-order valence-electron chi connectivity index (χ3n) is 3.38. The van der Waals surface area contributed by atoms with E-state index in [-0.39, 0.29) is 11.3 Å². The number of carbonyl (C=O) groups is 1. The molecule has 17 heavy (non-hydrogen) atoms. The second kappa shape index (κ2) is 5.35. The van der Waals surface area contributed by atoms with E-state index in [0.717, 1.165) is 35.2 Å². The molecule has 4 heteroatoms. The van der Waals surface area contributed by atoms with E-state index < -0.39 is 0 Å². The first kappa shape index (κ1) is 12.8. The lowest BCUT2D eigenvalue weighted by molar-refractivity contribution is -0.126. The maximum Gasteiger partial charge on any atom is 0.230 e. The van der Waals surface area contributed by atoms with Gasteiger partial charge < -0.3 is 10.6 Å². The first-order chi connectivity index (χ1) is 8.12. The van der Waals surface area contributed by atoms with Crippen LogP contribution in [0.5, 0.6) is 0 Å². The monoisotopic (exact) mass is 344 g/mol. The van der Waals surface area contributed by atoms with Gasteiger partial charge in [-0.25, -0.2) is 0 Å². The second-order valence-corrected chi connectivity index (χ2v) is 5.91. The van der Waals surface area contributed by atoms with E-state index in [1.807, 2.05) is 24.3 Å². The summed E-state index contributed by atoms with van der Waals surface area (Å²) in [6.45, 7) is 3.91. The lowest BCUT2D eigenvalue weighted by Crippen LogP contribution is -2.42. The third-order valence-corrected chi connectivity index (χ3v) is 4.32. The molecule has 0 radical (unpaired) electrons. The van der Waals surface area contributed by atoms with E-state index in [0.29, 0.717) is 0 Å². The highest BCUT2D eigenvalue weighted by molar-refractivity contribution is 14.1. The van der Waals surface area contributed by atoms with Crippen molar-refractivity contribution in [1.82, 2.24) is 5.32 Å². The van der Waals surface area contributed by atoms with E-state index in [9.17, 15) is 4.79 Å². The first-order valence-corrected chi connectivity index (χ1v) is 6.96. The first-order valence-electron chi connectivity index (χ1n) is 5.88. The molecule has 1 amide bonds. The van der Waals surface area contributed by atoms with Gasteiger partial charge in [0.15, 0.2) is 0 Å². The van der Waals surface area contributed by atoms with E-state index in [4.69, 9.17) is 0 Å². The molecule has 2 N–H and O–H groups in total. The van der Waals surface area contributed by atoms with Crippen LogP contribution < -0.4 is 10.6 Å².